The van der Waals surface area contributed by atoms with Crippen LogP contribution < -0.4 is 9.47 Å². The number of rotatable bonds is 5. The number of imidazole rings is 1. The van der Waals surface area contributed by atoms with Crippen molar-refractivity contribution in [3.05, 3.63) is 30.6 Å². The van der Waals surface area contributed by atoms with Gasteiger partial charge in [0, 0.05) is 30.5 Å². The van der Waals surface area contributed by atoms with Crippen LogP contribution in [-0.4, -0.2) is 48.3 Å². The van der Waals surface area contributed by atoms with Gasteiger partial charge in [0.1, 0.15) is 5.82 Å². The van der Waals surface area contributed by atoms with Gasteiger partial charge in [-0.1, -0.05) is 0 Å². The smallest absolute Gasteiger partial charge is 0.161 e. The number of methoxy groups -OCH3 is 1. The van der Waals surface area contributed by atoms with E-state index in [1.807, 2.05) is 31.3 Å². The molecule has 1 aliphatic rings. The van der Waals surface area contributed by atoms with Crippen molar-refractivity contribution in [2.75, 3.05) is 33.9 Å². The molecular formula is C17H23N3O2. The molecule has 0 bridgehead atoms. The van der Waals surface area contributed by atoms with Crippen LogP contribution in [0.2, 0.25) is 0 Å². The van der Waals surface area contributed by atoms with E-state index in [0.717, 1.165) is 42.4 Å². The first-order valence-electron chi connectivity index (χ1n) is 7.75. The van der Waals surface area contributed by atoms with Crippen LogP contribution in [-0.2, 0) is 0 Å². The molecular weight excluding hydrogens is 278 g/mol. The van der Waals surface area contributed by atoms with Gasteiger partial charge in [0.25, 0.3) is 0 Å². The molecule has 1 aromatic heterocycles. The zero-order chi connectivity index (χ0) is 15.5. The standard InChI is InChI=1S/C17H23N3O2/c1-4-22-15-6-5-13(11-16(15)21-3)17-18-8-10-20(17)14-7-9-19(2)12-14/h5-6,8,10-11,14H,4,7,9,12H2,1-3H3. The Hall–Kier alpha value is -2.01. The summed E-state index contributed by atoms with van der Waals surface area (Å²) in [5.74, 6) is 2.51. The normalized spacial score (nSPS) is 18.6. The van der Waals surface area contributed by atoms with Crippen molar-refractivity contribution in [3.8, 4) is 22.9 Å². The van der Waals surface area contributed by atoms with Gasteiger partial charge in [-0.25, -0.2) is 4.98 Å². The Morgan fingerprint density at radius 3 is 2.86 bits per heavy atom. The predicted molar refractivity (Wildman–Crippen MR) is 86.5 cm³/mol. The van der Waals surface area contributed by atoms with Crippen LogP contribution in [0.4, 0.5) is 0 Å². The summed E-state index contributed by atoms with van der Waals surface area (Å²) in [6, 6.07) is 6.49. The molecule has 5 nitrogen and oxygen atoms in total. The molecule has 2 heterocycles. The molecule has 5 heteroatoms. The van der Waals surface area contributed by atoms with E-state index in [9.17, 15) is 0 Å². The fourth-order valence-electron chi connectivity index (χ4n) is 3.05. The number of hydrogen-bond acceptors (Lipinski definition) is 4. The van der Waals surface area contributed by atoms with E-state index in [1.54, 1.807) is 7.11 Å². The van der Waals surface area contributed by atoms with Crippen molar-refractivity contribution >= 4 is 0 Å². The molecule has 0 radical (unpaired) electrons. The second-order valence-corrected chi connectivity index (χ2v) is 5.66. The Morgan fingerprint density at radius 1 is 1.32 bits per heavy atom. The summed E-state index contributed by atoms with van der Waals surface area (Å²) in [4.78, 5) is 6.91. The molecule has 118 valence electrons. The molecule has 1 atom stereocenters. The lowest BCUT2D eigenvalue weighted by atomic mass is 10.1. The average Bonchev–Trinajstić information content (AvgIpc) is 3.16. The lowest BCUT2D eigenvalue weighted by Gasteiger charge is -2.16. The lowest BCUT2D eigenvalue weighted by Crippen LogP contribution is -2.16. The molecule has 0 N–H and O–H groups in total. The van der Waals surface area contributed by atoms with E-state index in [1.165, 1.54) is 0 Å². The lowest BCUT2D eigenvalue weighted by molar-refractivity contribution is 0.311. The highest BCUT2D eigenvalue weighted by Crippen LogP contribution is 2.33. The van der Waals surface area contributed by atoms with E-state index in [0.29, 0.717) is 12.6 Å². The van der Waals surface area contributed by atoms with Gasteiger partial charge in [0.05, 0.1) is 13.7 Å². The van der Waals surface area contributed by atoms with Crippen molar-refractivity contribution in [1.82, 2.24) is 14.5 Å². The van der Waals surface area contributed by atoms with Crippen LogP contribution in [0.25, 0.3) is 11.4 Å². The van der Waals surface area contributed by atoms with Gasteiger partial charge in [0.15, 0.2) is 11.5 Å². The van der Waals surface area contributed by atoms with Crippen LogP contribution in [0, 0.1) is 0 Å². The molecule has 1 saturated heterocycles. The first-order valence-corrected chi connectivity index (χ1v) is 7.75. The molecule has 1 unspecified atom stereocenters. The van der Waals surface area contributed by atoms with Crippen molar-refractivity contribution in [2.45, 2.75) is 19.4 Å². The molecule has 0 saturated carbocycles. The van der Waals surface area contributed by atoms with Crippen LogP contribution >= 0.6 is 0 Å². The summed E-state index contributed by atoms with van der Waals surface area (Å²) in [6.07, 6.45) is 5.10. The maximum absolute atomic E-state index is 5.59. The summed E-state index contributed by atoms with van der Waals surface area (Å²) < 4.78 is 13.3. The molecule has 0 spiro atoms. The monoisotopic (exact) mass is 301 g/mol. The van der Waals surface area contributed by atoms with Crippen molar-refractivity contribution in [1.29, 1.82) is 0 Å². The van der Waals surface area contributed by atoms with Crippen LogP contribution in [0.1, 0.15) is 19.4 Å². The second kappa shape index (κ2) is 6.40. The number of hydrogen-bond donors (Lipinski definition) is 0. The number of nitrogens with zero attached hydrogens (tertiary/aromatic N) is 3. The Morgan fingerprint density at radius 2 is 2.18 bits per heavy atom. The quantitative estimate of drug-likeness (QED) is 0.851. The van der Waals surface area contributed by atoms with Gasteiger partial charge in [-0.2, -0.15) is 0 Å². The maximum atomic E-state index is 5.59. The molecule has 3 rings (SSSR count). The zero-order valence-electron chi connectivity index (χ0n) is 13.5. The van der Waals surface area contributed by atoms with Crippen LogP contribution in [0.15, 0.2) is 30.6 Å². The van der Waals surface area contributed by atoms with E-state index in [4.69, 9.17) is 9.47 Å². The van der Waals surface area contributed by atoms with Gasteiger partial charge >= 0.3 is 0 Å². The molecule has 1 aromatic carbocycles. The van der Waals surface area contributed by atoms with Gasteiger partial charge < -0.3 is 18.9 Å². The minimum Gasteiger partial charge on any atom is -0.493 e. The SMILES string of the molecule is CCOc1ccc(-c2nccn2C2CCN(C)C2)cc1OC. The van der Waals surface area contributed by atoms with Gasteiger partial charge in [0.2, 0.25) is 0 Å². The first-order chi connectivity index (χ1) is 10.7. The molecule has 2 aromatic rings. The number of likely N-dealkylation sites (N-methyl/N-ethyl adjacent to an activating group) is 1. The predicted octanol–water partition coefficient (Wildman–Crippen LogP) is 2.83. The topological polar surface area (TPSA) is 39.5 Å². The zero-order valence-corrected chi connectivity index (χ0v) is 13.5. The molecule has 0 amide bonds. The van der Waals surface area contributed by atoms with Crippen molar-refractivity contribution in [2.24, 2.45) is 0 Å². The largest absolute Gasteiger partial charge is 0.493 e. The molecule has 0 aliphatic carbocycles. The van der Waals surface area contributed by atoms with E-state index in [2.05, 4.69) is 27.7 Å². The fraction of sp³-hybridized carbons (Fsp3) is 0.471. The third-order valence-electron chi connectivity index (χ3n) is 4.15. The fourth-order valence-corrected chi connectivity index (χ4v) is 3.05. The van der Waals surface area contributed by atoms with Gasteiger partial charge in [-0.05, 0) is 45.1 Å². The number of aromatic nitrogens is 2. The summed E-state index contributed by atoms with van der Waals surface area (Å²) >= 11 is 0. The highest BCUT2D eigenvalue weighted by Gasteiger charge is 2.23. The summed E-state index contributed by atoms with van der Waals surface area (Å²) in [7, 11) is 3.83. The Bertz CT molecular complexity index is 639. The van der Waals surface area contributed by atoms with Gasteiger partial charge in [-0.15, -0.1) is 0 Å². The van der Waals surface area contributed by atoms with E-state index in [-0.39, 0.29) is 0 Å². The molecule has 1 fully saturated rings. The Labute approximate surface area is 131 Å². The Balaban J connectivity index is 1.93. The Kier molecular flexibility index (Phi) is 4.34. The minimum absolute atomic E-state index is 0.486. The van der Waals surface area contributed by atoms with Gasteiger partial charge in [-0.3, -0.25) is 0 Å². The third kappa shape index (κ3) is 2.81. The molecule has 1 aliphatic heterocycles. The highest BCUT2D eigenvalue weighted by atomic mass is 16.5. The van der Waals surface area contributed by atoms with E-state index < -0.39 is 0 Å². The molecule has 22 heavy (non-hydrogen) atoms. The summed E-state index contributed by atoms with van der Waals surface area (Å²) in [6.45, 7) is 4.79. The van der Waals surface area contributed by atoms with Crippen molar-refractivity contribution in [3.63, 3.8) is 0 Å². The van der Waals surface area contributed by atoms with Crippen LogP contribution in [0.5, 0.6) is 11.5 Å². The summed E-state index contributed by atoms with van der Waals surface area (Å²) in [5.41, 5.74) is 1.06. The third-order valence-corrected chi connectivity index (χ3v) is 4.15. The second-order valence-electron chi connectivity index (χ2n) is 5.66. The summed E-state index contributed by atoms with van der Waals surface area (Å²) in [5, 5.41) is 0. The number of benzene rings is 1. The average molecular weight is 301 g/mol. The first kappa shape index (κ1) is 14.9. The number of likely N-dealkylation sites (tertiary alicyclic amines) is 1. The van der Waals surface area contributed by atoms with Crippen LogP contribution in [0.3, 0.4) is 0 Å². The number of ether oxygens (including phenoxy) is 2. The minimum atomic E-state index is 0.486. The maximum Gasteiger partial charge on any atom is 0.161 e. The van der Waals surface area contributed by atoms with E-state index >= 15 is 0 Å². The highest BCUT2D eigenvalue weighted by molar-refractivity contribution is 5.61. The van der Waals surface area contributed by atoms with Crippen molar-refractivity contribution < 1.29 is 9.47 Å².